The molecule has 3 N–H and O–H groups in total. The van der Waals surface area contributed by atoms with E-state index in [-0.39, 0.29) is 23.7 Å². The lowest BCUT2D eigenvalue weighted by Gasteiger charge is -2.29. The summed E-state index contributed by atoms with van der Waals surface area (Å²) < 4.78 is 0. The molecule has 2 saturated carbocycles. The van der Waals surface area contributed by atoms with Crippen LogP contribution in [-0.2, 0) is 16.1 Å². The fourth-order valence-corrected chi connectivity index (χ4v) is 4.68. The molecule has 2 amide bonds. The lowest BCUT2D eigenvalue weighted by molar-refractivity contribution is -0.137. The van der Waals surface area contributed by atoms with Gasteiger partial charge in [-0.2, -0.15) is 0 Å². The first-order valence-electron chi connectivity index (χ1n) is 11.6. The highest BCUT2D eigenvalue weighted by molar-refractivity contribution is 5.92. The van der Waals surface area contributed by atoms with Gasteiger partial charge >= 0.3 is 0 Å². The van der Waals surface area contributed by atoms with Crippen LogP contribution in [0.3, 0.4) is 0 Å². The van der Waals surface area contributed by atoms with Gasteiger partial charge in [-0.15, -0.1) is 0 Å². The zero-order valence-electron chi connectivity index (χ0n) is 17.7. The van der Waals surface area contributed by atoms with E-state index in [1.165, 1.54) is 12.8 Å². The number of benzene rings is 1. The Morgan fingerprint density at radius 2 is 1.48 bits per heavy atom. The van der Waals surface area contributed by atoms with Crippen LogP contribution >= 0.6 is 0 Å². The van der Waals surface area contributed by atoms with Gasteiger partial charge < -0.3 is 16.0 Å². The standard InChI is InChI=1S/C24H37N3O2/c25-16-7-17-27(24(29)21-10-5-2-6-11-21)18-19-12-14-22(15-13-19)26-23(28)20-8-3-1-4-9-20/h12-15,20-21H,1-11,16-18,25H2,(H,26,28). The summed E-state index contributed by atoms with van der Waals surface area (Å²) in [6.45, 7) is 1.93. The fraction of sp³-hybridized carbons (Fsp3) is 0.667. The number of anilines is 1. The van der Waals surface area contributed by atoms with Crippen LogP contribution in [0, 0.1) is 11.8 Å². The number of amides is 2. The minimum absolute atomic E-state index is 0.148. The molecular weight excluding hydrogens is 362 g/mol. The number of nitrogens with two attached hydrogens (primary N) is 1. The van der Waals surface area contributed by atoms with Crippen molar-refractivity contribution >= 4 is 17.5 Å². The molecule has 0 saturated heterocycles. The lowest BCUT2D eigenvalue weighted by Crippen LogP contribution is -2.37. The molecule has 29 heavy (non-hydrogen) atoms. The largest absolute Gasteiger partial charge is 0.338 e. The van der Waals surface area contributed by atoms with E-state index in [0.717, 1.165) is 69.0 Å². The molecule has 0 radical (unpaired) electrons. The average Bonchev–Trinajstić information content (AvgIpc) is 2.78. The van der Waals surface area contributed by atoms with Crippen LogP contribution in [0.1, 0.15) is 76.2 Å². The van der Waals surface area contributed by atoms with Crippen molar-refractivity contribution in [3.8, 4) is 0 Å². The van der Waals surface area contributed by atoms with E-state index in [2.05, 4.69) is 5.32 Å². The van der Waals surface area contributed by atoms with E-state index < -0.39 is 0 Å². The molecule has 3 rings (SSSR count). The summed E-state index contributed by atoms with van der Waals surface area (Å²) in [5.41, 5.74) is 7.64. The summed E-state index contributed by atoms with van der Waals surface area (Å²) in [7, 11) is 0. The summed E-state index contributed by atoms with van der Waals surface area (Å²) in [5, 5.41) is 3.06. The number of carbonyl (C=O) groups is 2. The molecule has 5 nitrogen and oxygen atoms in total. The Morgan fingerprint density at radius 3 is 2.07 bits per heavy atom. The molecule has 1 aromatic rings. The van der Waals surface area contributed by atoms with Gasteiger partial charge in [0.05, 0.1) is 0 Å². The first kappa shape index (κ1) is 21.8. The first-order chi connectivity index (χ1) is 14.2. The predicted octanol–water partition coefficient (Wildman–Crippen LogP) is 4.46. The third kappa shape index (κ3) is 6.56. The van der Waals surface area contributed by atoms with E-state index in [1.807, 2.05) is 29.2 Å². The minimum atomic E-state index is 0.148. The van der Waals surface area contributed by atoms with E-state index >= 15 is 0 Å². The summed E-state index contributed by atoms with van der Waals surface area (Å²) >= 11 is 0. The Hall–Kier alpha value is -1.88. The SMILES string of the molecule is NCCCN(Cc1ccc(NC(=O)C2CCCCC2)cc1)C(=O)C1CCCCC1. The van der Waals surface area contributed by atoms with Gasteiger partial charge in [0.15, 0.2) is 0 Å². The third-order valence-corrected chi connectivity index (χ3v) is 6.47. The molecule has 2 aliphatic rings. The third-order valence-electron chi connectivity index (χ3n) is 6.47. The molecule has 0 unspecified atom stereocenters. The van der Waals surface area contributed by atoms with Crippen molar-refractivity contribution in [2.75, 3.05) is 18.4 Å². The van der Waals surface area contributed by atoms with Gasteiger partial charge in [0.2, 0.25) is 11.8 Å². The smallest absolute Gasteiger partial charge is 0.227 e. The van der Waals surface area contributed by atoms with Crippen LogP contribution in [0.2, 0.25) is 0 Å². The topological polar surface area (TPSA) is 75.4 Å². The van der Waals surface area contributed by atoms with Crippen LogP contribution in [-0.4, -0.2) is 29.8 Å². The highest BCUT2D eigenvalue weighted by Gasteiger charge is 2.26. The van der Waals surface area contributed by atoms with E-state index in [4.69, 9.17) is 5.73 Å². The van der Waals surface area contributed by atoms with Gasteiger partial charge in [-0.25, -0.2) is 0 Å². The van der Waals surface area contributed by atoms with Gasteiger partial charge in [-0.05, 0) is 56.3 Å². The number of nitrogens with one attached hydrogen (secondary N) is 1. The van der Waals surface area contributed by atoms with E-state index in [1.54, 1.807) is 0 Å². The molecule has 5 heteroatoms. The summed E-state index contributed by atoms with van der Waals surface area (Å²) in [4.78, 5) is 27.4. The zero-order valence-corrected chi connectivity index (χ0v) is 17.7. The van der Waals surface area contributed by atoms with Crippen molar-refractivity contribution < 1.29 is 9.59 Å². The monoisotopic (exact) mass is 399 g/mol. The molecule has 0 bridgehead atoms. The molecule has 0 spiro atoms. The van der Waals surface area contributed by atoms with E-state index in [9.17, 15) is 9.59 Å². The summed E-state index contributed by atoms with van der Waals surface area (Å²) in [5.74, 6) is 0.765. The molecule has 2 aliphatic carbocycles. The molecule has 0 aliphatic heterocycles. The lowest BCUT2D eigenvalue weighted by atomic mass is 9.88. The average molecular weight is 400 g/mol. The van der Waals surface area contributed by atoms with Crippen molar-refractivity contribution in [2.45, 2.75) is 77.2 Å². The molecule has 0 aromatic heterocycles. The number of rotatable bonds is 8. The Kier molecular flexibility index (Phi) is 8.53. The van der Waals surface area contributed by atoms with Crippen molar-refractivity contribution in [3.63, 3.8) is 0 Å². The summed E-state index contributed by atoms with van der Waals surface area (Å²) in [6, 6.07) is 7.98. The van der Waals surface area contributed by atoms with Gasteiger partial charge in [0.1, 0.15) is 0 Å². The zero-order chi connectivity index (χ0) is 20.5. The maximum Gasteiger partial charge on any atom is 0.227 e. The van der Waals surface area contributed by atoms with Gasteiger partial charge in [0, 0.05) is 30.6 Å². The molecule has 1 aromatic carbocycles. The second kappa shape index (κ2) is 11.3. The maximum absolute atomic E-state index is 13.0. The van der Waals surface area contributed by atoms with Gasteiger partial charge in [-0.3, -0.25) is 9.59 Å². The van der Waals surface area contributed by atoms with Gasteiger partial charge in [0.25, 0.3) is 0 Å². The number of hydrogen-bond acceptors (Lipinski definition) is 3. The Labute approximate surface area is 175 Å². The normalized spacial score (nSPS) is 18.4. The van der Waals surface area contributed by atoms with Crippen molar-refractivity contribution in [2.24, 2.45) is 17.6 Å². The molecule has 0 atom stereocenters. The van der Waals surface area contributed by atoms with Crippen LogP contribution in [0.4, 0.5) is 5.69 Å². The molecule has 0 heterocycles. The second-order valence-electron chi connectivity index (χ2n) is 8.76. The second-order valence-corrected chi connectivity index (χ2v) is 8.76. The fourth-order valence-electron chi connectivity index (χ4n) is 4.68. The van der Waals surface area contributed by atoms with Crippen molar-refractivity contribution in [1.29, 1.82) is 0 Å². The van der Waals surface area contributed by atoms with Crippen molar-refractivity contribution in [3.05, 3.63) is 29.8 Å². The predicted molar refractivity (Wildman–Crippen MR) is 117 cm³/mol. The maximum atomic E-state index is 13.0. The Balaban J connectivity index is 1.57. The highest BCUT2D eigenvalue weighted by atomic mass is 16.2. The van der Waals surface area contributed by atoms with Crippen LogP contribution in [0.25, 0.3) is 0 Å². The quantitative estimate of drug-likeness (QED) is 0.677. The molecule has 2 fully saturated rings. The number of nitrogens with zero attached hydrogens (tertiary/aromatic N) is 1. The van der Waals surface area contributed by atoms with Crippen LogP contribution in [0.5, 0.6) is 0 Å². The van der Waals surface area contributed by atoms with E-state index in [0.29, 0.717) is 19.6 Å². The molecule has 160 valence electrons. The van der Waals surface area contributed by atoms with Crippen LogP contribution < -0.4 is 11.1 Å². The number of carbonyl (C=O) groups excluding carboxylic acids is 2. The highest BCUT2D eigenvalue weighted by Crippen LogP contribution is 2.27. The van der Waals surface area contributed by atoms with Crippen LogP contribution in [0.15, 0.2) is 24.3 Å². The Morgan fingerprint density at radius 1 is 0.897 bits per heavy atom. The van der Waals surface area contributed by atoms with Crippen molar-refractivity contribution in [1.82, 2.24) is 4.90 Å². The minimum Gasteiger partial charge on any atom is -0.338 e. The first-order valence-corrected chi connectivity index (χ1v) is 11.6. The molecular formula is C24H37N3O2. The summed E-state index contributed by atoms with van der Waals surface area (Å²) in [6.07, 6.45) is 12.0. The number of hydrogen-bond donors (Lipinski definition) is 2. The Bertz CT molecular complexity index is 647. The van der Waals surface area contributed by atoms with Gasteiger partial charge in [-0.1, -0.05) is 50.7 Å².